The molecule has 3 nitrogen and oxygen atoms in total. The molecule has 0 radical (unpaired) electrons. The predicted octanol–water partition coefficient (Wildman–Crippen LogP) is 5.16. The molecule has 1 aliphatic rings. The van der Waals surface area contributed by atoms with Gasteiger partial charge < -0.3 is 10.5 Å². The Morgan fingerprint density at radius 1 is 1.28 bits per heavy atom. The Bertz CT molecular complexity index is 796. The summed E-state index contributed by atoms with van der Waals surface area (Å²) in [5, 5.41) is 0. The van der Waals surface area contributed by atoms with Crippen molar-refractivity contribution in [3.8, 4) is 11.1 Å². The zero-order valence-electron chi connectivity index (χ0n) is 14.9. The van der Waals surface area contributed by atoms with Crippen molar-refractivity contribution in [2.45, 2.75) is 46.1 Å². The maximum atomic E-state index is 14.8. The fraction of sp³-hybridized carbons (Fsp3) is 0.381. The lowest BCUT2D eigenvalue weighted by molar-refractivity contribution is 0.0391. The number of carbonyl (C=O) groups is 1. The maximum Gasteiger partial charge on any atom is 0.405 e. The molecule has 25 heavy (non-hydrogen) atoms. The van der Waals surface area contributed by atoms with Crippen molar-refractivity contribution in [1.29, 1.82) is 0 Å². The molecule has 2 N–H and O–H groups in total. The SMILES string of the molecule is CCCc1ccc(-c2cc3c(cc2F)[C@H](OC(N)=O)C(C)(C)C3)cc1. The van der Waals surface area contributed by atoms with E-state index < -0.39 is 12.2 Å². The molecule has 0 saturated heterocycles. The minimum Gasteiger partial charge on any atom is -0.441 e. The van der Waals surface area contributed by atoms with E-state index in [4.69, 9.17) is 10.5 Å². The van der Waals surface area contributed by atoms with E-state index in [1.165, 1.54) is 11.6 Å². The summed E-state index contributed by atoms with van der Waals surface area (Å²) in [7, 11) is 0. The van der Waals surface area contributed by atoms with Gasteiger partial charge in [0.05, 0.1) is 0 Å². The molecular formula is C21H24FNO2. The highest BCUT2D eigenvalue weighted by Crippen LogP contribution is 2.48. The summed E-state index contributed by atoms with van der Waals surface area (Å²) in [6.45, 7) is 6.13. The Morgan fingerprint density at radius 3 is 2.56 bits per heavy atom. The number of nitrogens with two attached hydrogens (primary N) is 1. The zero-order valence-corrected chi connectivity index (χ0v) is 14.9. The van der Waals surface area contributed by atoms with Gasteiger partial charge in [0.1, 0.15) is 11.9 Å². The molecule has 2 aromatic carbocycles. The van der Waals surface area contributed by atoms with E-state index in [1.54, 1.807) is 0 Å². The highest BCUT2D eigenvalue weighted by molar-refractivity contribution is 5.68. The van der Waals surface area contributed by atoms with Gasteiger partial charge in [-0.3, -0.25) is 0 Å². The van der Waals surface area contributed by atoms with Gasteiger partial charge in [0.2, 0.25) is 0 Å². The third kappa shape index (κ3) is 3.39. The van der Waals surface area contributed by atoms with Crippen LogP contribution in [-0.4, -0.2) is 6.09 Å². The van der Waals surface area contributed by atoms with E-state index in [-0.39, 0.29) is 11.2 Å². The van der Waals surface area contributed by atoms with E-state index in [1.807, 2.05) is 32.0 Å². The van der Waals surface area contributed by atoms with Crippen LogP contribution in [0.3, 0.4) is 0 Å². The van der Waals surface area contributed by atoms with Gasteiger partial charge in [-0.2, -0.15) is 0 Å². The van der Waals surface area contributed by atoms with Gasteiger partial charge in [-0.25, -0.2) is 9.18 Å². The van der Waals surface area contributed by atoms with Crippen LogP contribution in [-0.2, 0) is 17.6 Å². The molecule has 4 heteroatoms. The Balaban J connectivity index is 1.99. The monoisotopic (exact) mass is 341 g/mol. The number of rotatable bonds is 4. The number of primary amides is 1. The van der Waals surface area contributed by atoms with E-state index in [0.717, 1.165) is 24.0 Å². The van der Waals surface area contributed by atoms with Crippen LogP contribution in [0.4, 0.5) is 9.18 Å². The van der Waals surface area contributed by atoms with Crippen LogP contribution in [0.5, 0.6) is 0 Å². The minimum atomic E-state index is -0.832. The first-order chi connectivity index (χ1) is 11.8. The molecule has 2 aromatic rings. The van der Waals surface area contributed by atoms with E-state index >= 15 is 0 Å². The Kier molecular flexibility index (Phi) is 4.55. The normalized spacial score (nSPS) is 18.0. The summed E-state index contributed by atoms with van der Waals surface area (Å²) in [6.07, 6.45) is 1.47. The van der Waals surface area contributed by atoms with Gasteiger partial charge in [-0.15, -0.1) is 0 Å². The number of benzene rings is 2. The molecule has 0 unspecified atom stereocenters. The van der Waals surface area contributed by atoms with E-state index in [9.17, 15) is 9.18 Å². The molecule has 1 aliphatic carbocycles. The molecule has 3 rings (SSSR count). The first-order valence-corrected chi connectivity index (χ1v) is 8.69. The lowest BCUT2D eigenvalue weighted by atomic mass is 9.87. The smallest absolute Gasteiger partial charge is 0.405 e. The first kappa shape index (κ1) is 17.5. The zero-order chi connectivity index (χ0) is 18.2. The van der Waals surface area contributed by atoms with Crippen molar-refractivity contribution in [2.75, 3.05) is 0 Å². The Morgan fingerprint density at radius 2 is 1.96 bits per heavy atom. The largest absolute Gasteiger partial charge is 0.441 e. The van der Waals surface area contributed by atoms with Crippen LogP contribution >= 0.6 is 0 Å². The van der Waals surface area contributed by atoms with Gasteiger partial charge in [0.25, 0.3) is 0 Å². The quantitative estimate of drug-likeness (QED) is 0.834. The van der Waals surface area contributed by atoms with Crippen LogP contribution < -0.4 is 5.73 Å². The van der Waals surface area contributed by atoms with Crippen molar-refractivity contribution in [3.63, 3.8) is 0 Å². The molecular weight excluding hydrogens is 317 g/mol. The number of carbonyl (C=O) groups excluding carboxylic acids is 1. The van der Waals surface area contributed by atoms with Crippen molar-refractivity contribution in [3.05, 3.63) is 58.9 Å². The summed E-state index contributed by atoms with van der Waals surface area (Å²) in [6, 6.07) is 11.4. The lowest BCUT2D eigenvalue weighted by Gasteiger charge is -2.26. The average molecular weight is 341 g/mol. The molecule has 0 bridgehead atoms. The van der Waals surface area contributed by atoms with E-state index in [0.29, 0.717) is 17.5 Å². The third-order valence-corrected chi connectivity index (χ3v) is 4.90. The van der Waals surface area contributed by atoms with Crippen molar-refractivity contribution >= 4 is 6.09 Å². The molecule has 1 amide bonds. The van der Waals surface area contributed by atoms with Crippen molar-refractivity contribution in [2.24, 2.45) is 11.1 Å². The van der Waals surface area contributed by atoms with Gasteiger partial charge >= 0.3 is 6.09 Å². The standard InChI is InChI=1S/C21H24FNO2/c1-4-5-13-6-8-14(9-7-13)16-10-15-12-21(2,3)19(25-20(23)24)17(15)11-18(16)22/h6-11,19H,4-5,12H2,1-3H3,(H2,23,24)/t19-/m0/s1. The number of ether oxygens (including phenoxy) is 1. The third-order valence-electron chi connectivity index (χ3n) is 4.90. The number of amides is 1. The van der Waals surface area contributed by atoms with E-state index in [2.05, 4.69) is 19.1 Å². The van der Waals surface area contributed by atoms with Crippen LogP contribution in [0, 0.1) is 11.2 Å². The fourth-order valence-corrected chi connectivity index (χ4v) is 3.74. The maximum absolute atomic E-state index is 14.8. The molecule has 132 valence electrons. The van der Waals surface area contributed by atoms with Crippen molar-refractivity contribution in [1.82, 2.24) is 0 Å². The number of aryl methyl sites for hydroxylation is 1. The summed E-state index contributed by atoms with van der Waals surface area (Å²) < 4.78 is 20.0. The lowest BCUT2D eigenvalue weighted by Crippen LogP contribution is -2.25. The summed E-state index contributed by atoms with van der Waals surface area (Å²) in [5.41, 5.74) is 9.29. The second kappa shape index (κ2) is 6.51. The molecule has 1 atom stereocenters. The summed E-state index contributed by atoms with van der Waals surface area (Å²) >= 11 is 0. The average Bonchev–Trinajstić information content (AvgIpc) is 2.78. The first-order valence-electron chi connectivity index (χ1n) is 8.69. The van der Waals surface area contributed by atoms with Crippen LogP contribution in [0.2, 0.25) is 0 Å². The molecule has 0 aliphatic heterocycles. The van der Waals surface area contributed by atoms with Crippen molar-refractivity contribution < 1.29 is 13.9 Å². The molecule has 0 spiro atoms. The fourth-order valence-electron chi connectivity index (χ4n) is 3.74. The summed E-state index contributed by atoms with van der Waals surface area (Å²) in [5.74, 6) is -0.308. The molecule has 0 fully saturated rings. The van der Waals surface area contributed by atoms with Crippen LogP contribution in [0.1, 0.15) is 50.0 Å². The number of hydrogen-bond donors (Lipinski definition) is 1. The second-order valence-corrected chi connectivity index (χ2v) is 7.46. The Labute approximate surface area is 148 Å². The predicted molar refractivity (Wildman–Crippen MR) is 96.7 cm³/mol. The van der Waals surface area contributed by atoms with Crippen LogP contribution in [0.25, 0.3) is 11.1 Å². The Hall–Kier alpha value is -2.36. The minimum absolute atomic E-state index is 0.308. The van der Waals surface area contributed by atoms with Gasteiger partial charge in [0, 0.05) is 11.0 Å². The van der Waals surface area contributed by atoms with Gasteiger partial charge in [-0.05, 0) is 47.2 Å². The molecule has 0 heterocycles. The highest BCUT2D eigenvalue weighted by atomic mass is 19.1. The highest BCUT2D eigenvalue weighted by Gasteiger charge is 2.42. The number of hydrogen-bond acceptors (Lipinski definition) is 2. The summed E-state index contributed by atoms with van der Waals surface area (Å²) in [4.78, 5) is 11.2. The molecule has 0 saturated carbocycles. The second-order valence-electron chi connectivity index (χ2n) is 7.46. The van der Waals surface area contributed by atoms with Crippen LogP contribution in [0.15, 0.2) is 36.4 Å². The number of halogens is 1. The molecule has 0 aromatic heterocycles. The van der Waals surface area contributed by atoms with Gasteiger partial charge in [0.15, 0.2) is 0 Å². The van der Waals surface area contributed by atoms with Gasteiger partial charge in [-0.1, -0.05) is 51.5 Å². The topological polar surface area (TPSA) is 52.3 Å². The number of fused-ring (bicyclic) bond motifs is 1.